The number of nitrogens with zero attached hydrogens (tertiary/aromatic N) is 1. The van der Waals surface area contributed by atoms with Gasteiger partial charge in [-0.15, -0.1) is 0 Å². The second-order valence-corrected chi connectivity index (χ2v) is 8.43. The predicted molar refractivity (Wildman–Crippen MR) is 97.5 cm³/mol. The minimum Gasteiger partial charge on any atom is -0.421 e. The summed E-state index contributed by atoms with van der Waals surface area (Å²) in [5.74, 6) is -2.57. The van der Waals surface area contributed by atoms with Crippen LogP contribution in [0.15, 0.2) is 18.2 Å². The Morgan fingerprint density at radius 3 is 2.03 bits per heavy atom. The lowest BCUT2D eigenvalue weighted by atomic mass is 9.85. The van der Waals surface area contributed by atoms with Gasteiger partial charge in [0.1, 0.15) is 5.82 Å². The molecule has 3 rings (SSSR count). The van der Waals surface area contributed by atoms with E-state index >= 15 is 0 Å². The number of hydrogen-bond acceptors (Lipinski definition) is 3. The van der Waals surface area contributed by atoms with E-state index in [1.807, 2.05) is 0 Å². The molecule has 0 spiro atoms. The normalized spacial score (nSPS) is 23.3. The average Bonchev–Trinajstić information content (AvgIpc) is 3.10. The van der Waals surface area contributed by atoms with Gasteiger partial charge >= 0.3 is 30.2 Å². The van der Waals surface area contributed by atoms with Crippen LogP contribution in [0.3, 0.4) is 0 Å². The molecule has 1 aliphatic heterocycles. The maximum Gasteiger partial charge on any atom is 0.439 e. The van der Waals surface area contributed by atoms with E-state index in [4.69, 9.17) is 0 Å². The Labute approximate surface area is 191 Å². The number of alkyl halides is 9. The zero-order chi connectivity index (χ0) is 26.4. The summed E-state index contributed by atoms with van der Waals surface area (Å²) in [6.07, 6.45) is -17.9. The van der Waals surface area contributed by atoms with Crippen LogP contribution < -0.4 is 5.32 Å². The molecule has 15 heteroatoms. The molecule has 1 saturated carbocycles. The van der Waals surface area contributed by atoms with Gasteiger partial charge in [-0.05, 0) is 49.8 Å². The quantitative estimate of drug-likeness (QED) is 0.534. The first kappa shape index (κ1) is 26.9. The molecule has 35 heavy (non-hydrogen) atoms. The van der Waals surface area contributed by atoms with E-state index in [-0.39, 0.29) is 44.2 Å². The van der Waals surface area contributed by atoms with Crippen molar-refractivity contribution in [1.29, 1.82) is 0 Å². The SMILES string of the molecule is O=C(NC[C@H]1CC[C@@H](N2CC(C(F)(F)F)(C(F)(F)F)OC2=O)CC1)c1cc(F)cc(C(F)(F)F)c1. The van der Waals surface area contributed by atoms with Crippen LogP contribution in [0, 0.1) is 11.7 Å². The number of hydrogen-bond donors (Lipinski definition) is 1. The second kappa shape index (κ2) is 9.04. The number of rotatable bonds is 4. The standard InChI is InChI=1S/C20H18F10N2O3/c21-13-6-11(5-12(7-13)18(22,23)24)15(33)31-8-10-1-3-14(4-2-10)32-9-17(19(25,26)27,20(28,29)30)35-16(32)34/h5-7,10,14H,1-4,8-9H2,(H,31,33)/t10-,14+. The Hall–Kier alpha value is -2.74. The van der Waals surface area contributed by atoms with Crippen LogP contribution in [0.25, 0.3) is 0 Å². The molecule has 0 unspecified atom stereocenters. The van der Waals surface area contributed by atoms with E-state index in [0.29, 0.717) is 17.0 Å². The highest BCUT2D eigenvalue weighted by molar-refractivity contribution is 5.94. The molecule has 196 valence electrons. The van der Waals surface area contributed by atoms with E-state index in [2.05, 4.69) is 10.1 Å². The second-order valence-electron chi connectivity index (χ2n) is 8.43. The Balaban J connectivity index is 1.58. The Kier molecular flexibility index (Phi) is 6.94. The van der Waals surface area contributed by atoms with Crippen molar-refractivity contribution < 1.29 is 58.2 Å². The summed E-state index contributed by atoms with van der Waals surface area (Å²) >= 11 is 0. The van der Waals surface area contributed by atoms with Gasteiger partial charge < -0.3 is 15.0 Å². The number of benzene rings is 1. The minimum atomic E-state index is -5.87. The number of cyclic esters (lactones) is 1. The number of carbonyl (C=O) groups is 2. The van der Waals surface area contributed by atoms with Gasteiger partial charge in [-0.25, -0.2) is 9.18 Å². The molecule has 1 heterocycles. The third-order valence-corrected chi connectivity index (χ3v) is 6.10. The van der Waals surface area contributed by atoms with Gasteiger partial charge in [0, 0.05) is 18.2 Å². The topological polar surface area (TPSA) is 58.6 Å². The van der Waals surface area contributed by atoms with Crippen molar-refractivity contribution in [2.75, 3.05) is 13.1 Å². The van der Waals surface area contributed by atoms with Crippen LogP contribution in [0.1, 0.15) is 41.6 Å². The molecule has 0 aromatic heterocycles. The molecule has 2 aliphatic rings. The lowest BCUT2D eigenvalue weighted by molar-refractivity contribution is -0.353. The minimum absolute atomic E-state index is 0.0135. The molecular formula is C20H18F10N2O3. The summed E-state index contributed by atoms with van der Waals surface area (Å²) in [7, 11) is 0. The van der Waals surface area contributed by atoms with Crippen molar-refractivity contribution in [3.8, 4) is 0 Å². The van der Waals surface area contributed by atoms with Crippen molar-refractivity contribution in [3.05, 3.63) is 35.1 Å². The van der Waals surface area contributed by atoms with Crippen LogP contribution >= 0.6 is 0 Å². The molecule has 1 aliphatic carbocycles. The molecular weight excluding hydrogens is 506 g/mol. The molecule has 2 fully saturated rings. The lowest BCUT2D eigenvalue weighted by Crippen LogP contribution is -2.60. The van der Waals surface area contributed by atoms with Gasteiger partial charge in [-0.1, -0.05) is 0 Å². The van der Waals surface area contributed by atoms with Crippen LogP contribution in [-0.4, -0.2) is 54.0 Å². The van der Waals surface area contributed by atoms with Crippen LogP contribution in [0.2, 0.25) is 0 Å². The highest BCUT2D eigenvalue weighted by Crippen LogP contribution is 2.50. The van der Waals surface area contributed by atoms with E-state index in [1.165, 1.54) is 0 Å². The first-order chi connectivity index (χ1) is 15.9. The largest absolute Gasteiger partial charge is 0.439 e. The van der Waals surface area contributed by atoms with Crippen LogP contribution in [0.5, 0.6) is 0 Å². The zero-order valence-electron chi connectivity index (χ0n) is 17.6. The van der Waals surface area contributed by atoms with Crippen LogP contribution in [-0.2, 0) is 10.9 Å². The average molecular weight is 524 g/mol. The van der Waals surface area contributed by atoms with E-state index < -0.39 is 65.7 Å². The number of carbonyl (C=O) groups excluding carboxylic acids is 2. The fourth-order valence-electron chi connectivity index (χ4n) is 4.16. The molecule has 1 N–H and O–H groups in total. The third kappa shape index (κ3) is 5.42. The zero-order valence-corrected chi connectivity index (χ0v) is 17.6. The first-order valence-corrected chi connectivity index (χ1v) is 10.2. The summed E-state index contributed by atoms with van der Waals surface area (Å²) in [6.45, 7) is -1.81. The van der Waals surface area contributed by atoms with Gasteiger partial charge in [-0.2, -0.15) is 39.5 Å². The van der Waals surface area contributed by atoms with Crippen molar-refractivity contribution in [2.24, 2.45) is 5.92 Å². The van der Waals surface area contributed by atoms with Gasteiger partial charge in [0.15, 0.2) is 0 Å². The monoisotopic (exact) mass is 524 g/mol. The molecule has 2 amide bonds. The van der Waals surface area contributed by atoms with Gasteiger partial charge in [-0.3, -0.25) is 4.79 Å². The van der Waals surface area contributed by atoms with Gasteiger partial charge in [0.05, 0.1) is 12.1 Å². The van der Waals surface area contributed by atoms with Crippen molar-refractivity contribution in [2.45, 2.75) is 55.9 Å². The van der Waals surface area contributed by atoms with Crippen molar-refractivity contribution in [1.82, 2.24) is 10.2 Å². The highest BCUT2D eigenvalue weighted by Gasteiger charge is 2.78. The first-order valence-electron chi connectivity index (χ1n) is 10.2. The molecule has 0 atom stereocenters. The van der Waals surface area contributed by atoms with E-state index in [0.717, 1.165) is 0 Å². The lowest BCUT2D eigenvalue weighted by Gasteiger charge is -2.35. The molecule has 1 saturated heterocycles. The number of ether oxygens (including phenoxy) is 1. The summed E-state index contributed by atoms with van der Waals surface area (Å²) in [5, 5.41) is 2.34. The molecule has 1 aromatic carbocycles. The van der Waals surface area contributed by atoms with E-state index in [9.17, 15) is 53.5 Å². The summed E-state index contributed by atoms with van der Waals surface area (Å²) < 4.78 is 135. The Morgan fingerprint density at radius 2 is 1.54 bits per heavy atom. The van der Waals surface area contributed by atoms with Crippen LogP contribution in [0.4, 0.5) is 48.7 Å². The van der Waals surface area contributed by atoms with Crippen molar-refractivity contribution >= 4 is 12.0 Å². The maximum absolute atomic E-state index is 13.5. The number of halogens is 10. The summed E-state index contributed by atoms with van der Waals surface area (Å²) in [6, 6.07) is 0.363. The Morgan fingerprint density at radius 1 is 0.971 bits per heavy atom. The van der Waals surface area contributed by atoms with E-state index in [1.54, 1.807) is 0 Å². The molecule has 1 aromatic rings. The third-order valence-electron chi connectivity index (χ3n) is 6.10. The summed E-state index contributed by atoms with van der Waals surface area (Å²) in [5.41, 5.74) is -6.54. The molecule has 0 bridgehead atoms. The Bertz CT molecular complexity index is 951. The van der Waals surface area contributed by atoms with Gasteiger partial charge in [0.25, 0.3) is 5.91 Å². The smallest absolute Gasteiger partial charge is 0.421 e. The summed E-state index contributed by atoms with van der Waals surface area (Å²) in [4.78, 5) is 24.5. The molecule has 0 radical (unpaired) electrons. The highest BCUT2D eigenvalue weighted by atomic mass is 19.4. The van der Waals surface area contributed by atoms with Gasteiger partial charge in [0.2, 0.25) is 0 Å². The molecule has 5 nitrogen and oxygen atoms in total. The number of amides is 2. The number of nitrogens with one attached hydrogen (secondary N) is 1. The fraction of sp³-hybridized carbons (Fsp3) is 0.600. The maximum atomic E-state index is 13.5. The fourth-order valence-corrected chi connectivity index (χ4v) is 4.16. The van der Waals surface area contributed by atoms with Crippen molar-refractivity contribution in [3.63, 3.8) is 0 Å². The predicted octanol–water partition coefficient (Wildman–Crippen LogP) is 5.45.